The zero-order valence-electron chi connectivity index (χ0n) is 14.4. The van der Waals surface area contributed by atoms with Crippen molar-refractivity contribution in [1.82, 2.24) is 10.2 Å². The Bertz CT molecular complexity index is 535. The first-order chi connectivity index (χ1) is 11.6. The van der Waals surface area contributed by atoms with Gasteiger partial charge < -0.3 is 19.7 Å². The molecule has 1 aromatic rings. The average Bonchev–Trinajstić information content (AvgIpc) is 2.58. The number of piperidine rings is 1. The maximum atomic E-state index is 12.0. The van der Waals surface area contributed by atoms with Gasteiger partial charge in [0.15, 0.2) is 0 Å². The number of ether oxygens (including phenoxy) is 2. The summed E-state index contributed by atoms with van der Waals surface area (Å²) in [6.45, 7) is 1.98. The first-order valence-electron chi connectivity index (χ1n) is 8.29. The van der Waals surface area contributed by atoms with Crippen LogP contribution in [0.4, 0.5) is 4.79 Å². The van der Waals surface area contributed by atoms with Crippen LogP contribution in [-0.2, 0) is 20.9 Å². The summed E-state index contributed by atoms with van der Waals surface area (Å²) in [6, 6.07) is 9.64. The number of nitrogens with one attached hydrogen (secondary N) is 1. The first kappa shape index (κ1) is 18.3. The third-order valence-electron chi connectivity index (χ3n) is 4.24. The Morgan fingerprint density at radius 1 is 1.25 bits per heavy atom. The monoisotopic (exact) mass is 334 g/mol. The number of amides is 1. The molecule has 2 unspecified atom stereocenters. The smallest absolute Gasteiger partial charge is 0.407 e. The van der Waals surface area contributed by atoms with Gasteiger partial charge in [-0.15, -0.1) is 0 Å². The van der Waals surface area contributed by atoms with Crippen LogP contribution >= 0.6 is 0 Å². The predicted octanol–water partition coefficient (Wildman–Crippen LogP) is 2.19. The van der Waals surface area contributed by atoms with E-state index in [0.29, 0.717) is 12.3 Å². The summed E-state index contributed by atoms with van der Waals surface area (Å²) in [6.07, 6.45) is 1.64. The molecule has 1 heterocycles. The second-order valence-corrected chi connectivity index (χ2v) is 6.34. The zero-order chi connectivity index (χ0) is 17.4. The lowest BCUT2D eigenvalue weighted by molar-refractivity contribution is -0.141. The van der Waals surface area contributed by atoms with E-state index in [2.05, 4.69) is 10.2 Å². The van der Waals surface area contributed by atoms with Crippen LogP contribution in [0.1, 0.15) is 24.8 Å². The normalized spacial score (nSPS) is 21.1. The first-order valence-corrected chi connectivity index (χ1v) is 8.29. The lowest BCUT2D eigenvalue weighted by atomic mass is 9.90. The van der Waals surface area contributed by atoms with Gasteiger partial charge >= 0.3 is 12.1 Å². The summed E-state index contributed by atoms with van der Waals surface area (Å²) >= 11 is 0. The second kappa shape index (κ2) is 9.27. The van der Waals surface area contributed by atoms with Crippen LogP contribution in [0.15, 0.2) is 30.3 Å². The van der Waals surface area contributed by atoms with Gasteiger partial charge in [0.1, 0.15) is 6.61 Å². The molecule has 1 N–H and O–H groups in total. The van der Waals surface area contributed by atoms with Crippen molar-refractivity contribution in [2.75, 3.05) is 27.2 Å². The molecule has 2 atom stereocenters. The van der Waals surface area contributed by atoms with Crippen LogP contribution in [0.3, 0.4) is 0 Å². The molecule has 0 spiro atoms. The molecule has 6 heteroatoms. The van der Waals surface area contributed by atoms with E-state index >= 15 is 0 Å². The van der Waals surface area contributed by atoms with Crippen LogP contribution in [0, 0.1) is 5.92 Å². The second-order valence-electron chi connectivity index (χ2n) is 6.34. The van der Waals surface area contributed by atoms with Gasteiger partial charge in [0.25, 0.3) is 0 Å². The molecule has 2 rings (SSSR count). The van der Waals surface area contributed by atoms with Crippen molar-refractivity contribution in [3.05, 3.63) is 35.9 Å². The van der Waals surface area contributed by atoms with Crippen LogP contribution in [-0.4, -0.2) is 50.3 Å². The summed E-state index contributed by atoms with van der Waals surface area (Å²) in [4.78, 5) is 25.4. The van der Waals surface area contributed by atoms with E-state index in [1.165, 1.54) is 7.11 Å². The van der Waals surface area contributed by atoms with Crippen LogP contribution < -0.4 is 5.32 Å². The maximum Gasteiger partial charge on any atom is 0.407 e. The lowest BCUT2D eigenvalue weighted by Gasteiger charge is -2.35. The Balaban J connectivity index is 1.75. The minimum absolute atomic E-state index is 0.0367. The standard InChI is InChI=1S/C18H26N2O4/c1-20-11-15(8-9-17(21)23-2)10-16(12-20)19-18(22)24-13-14-6-4-3-5-7-14/h3-7,15-16H,8-13H2,1-2H3,(H,19,22). The Morgan fingerprint density at radius 3 is 2.71 bits per heavy atom. The number of hydrogen-bond acceptors (Lipinski definition) is 5. The van der Waals surface area contributed by atoms with Gasteiger partial charge in [0.2, 0.25) is 0 Å². The topological polar surface area (TPSA) is 67.9 Å². The molecule has 0 aliphatic carbocycles. The van der Waals surface area contributed by atoms with Crippen LogP contribution in [0.5, 0.6) is 0 Å². The van der Waals surface area contributed by atoms with Gasteiger partial charge in [-0.1, -0.05) is 30.3 Å². The number of nitrogens with zero attached hydrogens (tertiary/aromatic N) is 1. The zero-order valence-corrected chi connectivity index (χ0v) is 14.4. The third-order valence-corrected chi connectivity index (χ3v) is 4.24. The molecule has 1 aliphatic heterocycles. The molecule has 1 aliphatic rings. The fraction of sp³-hybridized carbons (Fsp3) is 0.556. The molecule has 0 saturated carbocycles. The fourth-order valence-corrected chi connectivity index (χ4v) is 3.11. The summed E-state index contributed by atoms with van der Waals surface area (Å²) in [5.74, 6) is 0.178. The molecule has 0 aromatic heterocycles. The van der Waals surface area contributed by atoms with E-state index in [0.717, 1.165) is 31.5 Å². The van der Waals surface area contributed by atoms with E-state index in [4.69, 9.17) is 9.47 Å². The van der Waals surface area contributed by atoms with Gasteiger partial charge in [-0.3, -0.25) is 4.79 Å². The van der Waals surface area contributed by atoms with E-state index in [-0.39, 0.29) is 18.6 Å². The Labute approximate surface area is 143 Å². The number of hydrogen-bond donors (Lipinski definition) is 1. The van der Waals surface area contributed by atoms with Crippen molar-refractivity contribution >= 4 is 12.1 Å². The molecule has 132 valence electrons. The molecule has 24 heavy (non-hydrogen) atoms. The van der Waals surface area contributed by atoms with E-state index in [1.807, 2.05) is 37.4 Å². The van der Waals surface area contributed by atoms with Crippen LogP contribution in [0.25, 0.3) is 0 Å². The lowest BCUT2D eigenvalue weighted by Crippen LogP contribution is -2.49. The van der Waals surface area contributed by atoms with Gasteiger partial charge in [-0.25, -0.2) is 4.79 Å². The SMILES string of the molecule is COC(=O)CCC1CC(NC(=O)OCc2ccccc2)CN(C)C1. The molecular weight excluding hydrogens is 308 g/mol. The van der Waals surface area contributed by atoms with Gasteiger partial charge in [0.05, 0.1) is 7.11 Å². The number of methoxy groups -OCH3 is 1. The minimum Gasteiger partial charge on any atom is -0.469 e. The number of carbonyl (C=O) groups excluding carboxylic acids is 2. The summed E-state index contributed by atoms with van der Waals surface area (Å²) in [5, 5.41) is 2.93. The highest BCUT2D eigenvalue weighted by Gasteiger charge is 2.27. The van der Waals surface area contributed by atoms with Crippen molar-refractivity contribution in [2.45, 2.75) is 31.9 Å². The molecule has 1 aromatic carbocycles. The highest BCUT2D eigenvalue weighted by molar-refractivity contribution is 5.69. The molecule has 1 fully saturated rings. The highest BCUT2D eigenvalue weighted by atomic mass is 16.5. The molecule has 0 radical (unpaired) electrons. The van der Waals surface area contributed by atoms with Crippen molar-refractivity contribution in [3.8, 4) is 0 Å². The van der Waals surface area contributed by atoms with Gasteiger partial charge in [-0.05, 0) is 31.4 Å². The summed E-state index contributed by atoms with van der Waals surface area (Å²) < 4.78 is 9.97. The fourth-order valence-electron chi connectivity index (χ4n) is 3.11. The number of benzene rings is 1. The van der Waals surface area contributed by atoms with Crippen molar-refractivity contribution in [3.63, 3.8) is 0 Å². The predicted molar refractivity (Wildman–Crippen MR) is 90.4 cm³/mol. The number of alkyl carbamates (subject to hydrolysis) is 1. The number of likely N-dealkylation sites (N-methyl/N-ethyl adjacent to an activating group) is 1. The van der Waals surface area contributed by atoms with Crippen molar-refractivity contribution < 1.29 is 19.1 Å². The Kier molecular flexibility index (Phi) is 7.06. The van der Waals surface area contributed by atoms with Gasteiger partial charge in [-0.2, -0.15) is 0 Å². The molecule has 0 bridgehead atoms. The van der Waals surface area contributed by atoms with E-state index in [1.54, 1.807) is 0 Å². The Morgan fingerprint density at radius 2 is 2.00 bits per heavy atom. The highest BCUT2D eigenvalue weighted by Crippen LogP contribution is 2.21. The van der Waals surface area contributed by atoms with Crippen LogP contribution in [0.2, 0.25) is 0 Å². The van der Waals surface area contributed by atoms with E-state index < -0.39 is 6.09 Å². The van der Waals surface area contributed by atoms with E-state index in [9.17, 15) is 9.59 Å². The summed E-state index contributed by atoms with van der Waals surface area (Å²) in [5.41, 5.74) is 0.962. The molecular formula is C18H26N2O4. The number of esters is 1. The van der Waals surface area contributed by atoms with Gasteiger partial charge in [0, 0.05) is 25.6 Å². The largest absolute Gasteiger partial charge is 0.469 e. The van der Waals surface area contributed by atoms with Crippen molar-refractivity contribution in [1.29, 1.82) is 0 Å². The Hall–Kier alpha value is -2.08. The van der Waals surface area contributed by atoms with Crippen molar-refractivity contribution in [2.24, 2.45) is 5.92 Å². The third kappa shape index (κ3) is 6.20. The number of likely N-dealkylation sites (tertiary alicyclic amines) is 1. The minimum atomic E-state index is -0.397. The number of rotatable bonds is 6. The number of carbonyl (C=O) groups is 2. The quantitative estimate of drug-likeness (QED) is 0.808. The molecule has 1 amide bonds. The molecule has 1 saturated heterocycles. The molecule has 6 nitrogen and oxygen atoms in total. The maximum absolute atomic E-state index is 12.0. The summed E-state index contributed by atoms with van der Waals surface area (Å²) in [7, 11) is 3.43. The average molecular weight is 334 g/mol.